The van der Waals surface area contributed by atoms with Gasteiger partial charge in [-0.15, -0.1) is 5.17 Å². The van der Waals surface area contributed by atoms with Gasteiger partial charge in [0.2, 0.25) is 0 Å². The number of hydroxylamine groups is 1. The molecule has 0 aromatic heterocycles. The molecular formula is C18H19IN2O2. The van der Waals surface area contributed by atoms with Gasteiger partial charge in [-0.3, -0.25) is 15.1 Å². The second-order valence-electron chi connectivity index (χ2n) is 5.78. The molecule has 3 rings (SSSR count). The molecule has 1 amide bonds. The predicted octanol–water partition coefficient (Wildman–Crippen LogP) is 4.41. The second kappa shape index (κ2) is 7.31. The van der Waals surface area contributed by atoms with E-state index in [1.165, 1.54) is 18.0 Å². The standard InChI is InChI=1S/C18H19IN2O2/c1-13-11-16(19)9-10-17(13)20-21(23-12-14-7-8-14)18(22)15-5-3-2-4-6-15/h2-6,9-11,14,20H,7-8,12H2,1H3. The average molecular weight is 422 g/mol. The van der Waals surface area contributed by atoms with Crippen molar-refractivity contribution < 1.29 is 9.63 Å². The summed E-state index contributed by atoms with van der Waals surface area (Å²) >= 11 is 2.27. The highest BCUT2D eigenvalue weighted by Crippen LogP contribution is 2.29. The number of benzene rings is 2. The number of nitrogens with zero attached hydrogens (tertiary/aromatic N) is 1. The number of halogens is 1. The third kappa shape index (κ3) is 4.45. The summed E-state index contributed by atoms with van der Waals surface area (Å²) in [6, 6.07) is 15.2. The SMILES string of the molecule is Cc1cc(I)ccc1NN(OCC1CC1)C(=O)c1ccccc1. The maximum atomic E-state index is 12.7. The Hall–Kier alpha value is -1.60. The van der Waals surface area contributed by atoms with Crippen molar-refractivity contribution in [3.8, 4) is 0 Å². The Kier molecular flexibility index (Phi) is 5.17. The van der Waals surface area contributed by atoms with Crippen LogP contribution in [0, 0.1) is 16.4 Å². The van der Waals surface area contributed by atoms with Gasteiger partial charge < -0.3 is 0 Å². The van der Waals surface area contributed by atoms with Crippen LogP contribution in [-0.2, 0) is 4.84 Å². The number of hydrogen-bond acceptors (Lipinski definition) is 3. The smallest absolute Gasteiger partial charge is 0.271 e. The maximum Gasteiger partial charge on any atom is 0.297 e. The van der Waals surface area contributed by atoms with Gasteiger partial charge in [-0.1, -0.05) is 18.2 Å². The summed E-state index contributed by atoms with van der Waals surface area (Å²) in [7, 11) is 0. The number of nitrogens with one attached hydrogen (secondary N) is 1. The maximum absolute atomic E-state index is 12.7. The number of carbonyl (C=O) groups is 1. The van der Waals surface area contributed by atoms with Crippen LogP contribution < -0.4 is 5.43 Å². The molecule has 1 aliphatic carbocycles. The van der Waals surface area contributed by atoms with Gasteiger partial charge in [0.15, 0.2) is 0 Å². The van der Waals surface area contributed by atoms with Crippen LogP contribution in [0.3, 0.4) is 0 Å². The fourth-order valence-electron chi connectivity index (χ4n) is 2.17. The molecule has 2 aromatic carbocycles. The molecule has 1 aliphatic rings. The topological polar surface area (TPSA) is 41.6 Å². The first-order chi connectivity index (χ1) is 11.1. The molecular weight excluding hydrogens is 403 g/mol. The van der Waals surface area contributed by atoms with Crippen molar-refractivity contribution in [2.24, 2.45) is 5.92 Å². The fourth-order valence-corrected chi connectivity index (χ4v) is 2.81. The van der Waals surface area contributed by atoms with Crippen LogP contribution in [0.15, 0.2) is 48.5 Å². The molecule has 1 N–H and O–H groups in total. The molecule has 23 heavy (non-hydrogen) atoms. The van der Waals surface area contributed by atoms with Crippen molar-refractivity contribution in [1.82, 2.24) is 5.17 Å². The van der Waals surface area contributed by atoms with E-state index < -0.39 is 0 Å². The number of carbonyl (C=O) groups excluding carboxylic acids is 1. The summed E-state index contributed by atoms with van der Waals surface area (Å²) in [6.45, 7) is 2.57. The Morgan fingerprint density at radius 1 is 1.26 bits per heavy atom. The van der Waals surface area contributed by atoms with Crippen molar-refractivity contribution in [3.05, 3.63) is 63.2 Å². The third-order valence-electron chi connectivity index (χ3n) is 3.75. The number of anilines is 1. The van der Waals surface area contributed by atoms with E-state index in [4.69, 9.17) is 4.84 Å². The molecule has 0 atom stereocenters. The minimum atomic E-state index is -0.191. The van der Waals surface area contributed by atoms with E-state index in [-0.39, 0.29) is 5.91 Å². The van der Waals surface area contributed by atoms with Crippen LogP contribution in [0.2, 0.25) is 0 Å². The zero-order chi connectivity index (χ0) is 16.2. The first-order valence-electron chi connectivity index (χ1n) is 7.69. The number of aryl methyl sites for hydroxylation is 1. The zero-order valence-corrected chi connectivity index (χ0v) is 15.1. The minimum Gasteiger partial charge on any atom is -0.271 e. The number of hydrogen-bond donors (Lipinski definition) is 1. The molecule has 0 spiro atoms. The van der Waals surface area contributed by atoms with Crippen LogP contribution in [0.25, 0.3) is 0 Å². The van der Waals surface area contributed by atoms with Gasteiger partial charge >= 0.3 is 0 Å². The molecule has 0 aliphatic heterocycles. The van der Waals surface area contributed by atoms with Crippen molar-refractivity contribution in [1.29, 1.82) is 0 Å². The lowest BCUT2D eigenvalue weighted by Gasteiger charge is -2.24. The number of hydrazine groups is 1. The second-order valence-corrected chi connectivity index (χ2v) is 7.02. The lowest BCUT2D eigenvalue weighted by atomic mass is 10.2. The Balaban J connectivity index is 1.78. The van der Waals surface area contributed by atoms with Gasteiger partial charge in [-0.05, 0) is 84.2 Å². The Bertz CT molecular complexity index is 687. The van der Waals surface area contributed by atoms with Gasteiger partial charge in [-0.2, -0.15) is 0 Å². The van der Waals surface area contributed by atoms with E-state index in [1.807, 2.05) is 37.3 Å². The highest BCUT2D eigenvalue weighted by molar-refractivity contribution is 14.1. The fraction of sp³-hybridized carbons (Fsp3) is 0.278. The van der Waals surface area contributed by atoms with Crippen molar-refractivity contribution in [3.63, 3.8) is 0 Å². The van der Waals surface area contributed by atoms with Crippen LogP contribution in [-0.4, -0.2) is 17.7 Å². The predicted molar refractivity (Wildman–Crippen MR) is 98.8 cm³/mol. The third-order valence-corrected chi connectivity index (χ3v) is 4.42. The first kappa shape index (κ1) is 16.3. The van der Waals surface area contributed by atoms with E-state index in [0.717, 1.165) is 14.8 Å². The molecule has 1 fully saturated rings. The van der Waals surface area contributed by atoms with Crippen LogP contribution in [0.5, 0.6) is 0 Å². The van der Waals surface area contributed by atoms with Crippen LogP contribution in [0.4, 0.5) is 5.69 Å². The normalized spacial score (nSPS) is 13.7. The summed E-state index contributed by atoms with van der Waals surface area (Å²) in [5, 5.41) is 1.27. The van der Waals surface area contributed by atoms with Gasteiger partial charge in [0.1, 0.15) is 0 Å². The summed E-state index contributed by atoms with van der Waals surface area (Å²) in [5.41, 5.74) is 5.64. The lowest BCUT2D eigenvalue weighted by molar-refractivity contribution is -0.110. The summed E-state index contributed by atoms with van der Waals surface area (Å²) < 4.78 is 1.16. The van der Waals surface area contributed by atoms with Crippen molar-refractivity contribution in [2.75, 3.05) is 12.0 Å². The van der Waals surface area contributed by atoms with Crippen LogP contribution in [0.1, 0.15) is 28.8 Å². The number of amides is 1. The molecule has 0 radical (unpaired) electrons. The van der Waals surface area contributed by atoms with E-state index in [1.54, 1.807) is 12.1 Å². The highest BCUT2D eigenvalue weighted by Gasteiger charge is 2.25. The first-order valence-corrected chi connectivity index (χ1v) is 8.76. The zero-order valence-electron chi connectivity index (χ0n) is 13.0. The molecule has 0 saturated heterocycles. The highest BCUT2D eigenvalue weighted by atomic mass is 127. The average Bonchev–Trinajstić information content (AvgIpc) is 3.38. The molecule has 120 valence electrons. The van der Waals surface area contributed by atoms with Crippen molar-refractivity contribution >= 4 is 34.2 Å². The minimum absolute atomic E-state index is 0.191. The Morgan fingerprint density at radius 3 is 2.65 bits per heavy atom. The van der Waals surface area contributed by atoms with Crippen molar-refractivity contribution in [2.45, 2.75) is 19.8 Å². The van der Waals surface area contributed by atoms with Gasteiger partial charge in [0.05, 0.1) is 12.3 Å². The molecule has 2 aromatic rings. The molecule has 0 bridgehead atoms. The lowest BCUT2D eigenvalue weighted by Crippen LogP contribution is -2.37. The van der Waals surface area contributed by atoms with Gasteiger partial charge in [0.25, 0.3) is 5.91 Å². The summed E-state index contributed by atoms with van der Waals surface area (Å²) in [5.74, 6) is 0.380. The summed E-state index contributed by atoms with van der Waals surface area (Å²) in [6.07, 6.45) is 2.35. The van der Waals surface area contributed by atoms with E-state index in [0.29, 0.717) is 18.1 Å². The Morgan fingerprint density at radius 2 is 2.00 bits per heavy atom. The molecule has 0 heterocycles. The van der Waals surface area contributed by atoms with E-state index in [2.05, 4.69) is 34.1 Å². The number of rotatable bonds is 6. The summed E-state index contributed by atoms with van der Waals surface area (Å²) in [4.78, 5) is 18.4. The quantitative estimate of drug-likeness (QED) is 0.554. The van der Waals surface area contributed by atoms with E-state index >= 15 is 0 Å². The van der Waals surface area contributed by atoms with Gasteiger partial charge in [-0.25, -0.2) is 0 Å². The Labute approximate surface area is 149 Å². The van der Waals surface area contributed by atoms with Crippen LogP contribution >= 0.6 is 22.6 Å². The molecule has 4 nitrogen and oxygen atoms in total. The van der Waals surface area contributed by atoms with E-state index in [9.17, 15) is 4.79 Å². The van der Waals surface area contributed by atoms with Gasteiger partial charge in [0, 0.05) is 9.13 Å². The monoisotopic (exact) mass is 422 g/mol. The molecule has 1 saturated carbocycles. The molecule has 5 heteroatoms. The largest absolute Gasteiger partial charge is 0.297 e. The molecule has 0 unspecified atom stereocenters.